The Morgan fingerprint density at radius 3 is 1.23 bits per heavy atom. The molecule has 0 fully saturated rings. The molecule has 2 N–H and O–H groups in total. The van der Waals surface area contributed by atoms with Crippen molar-refractivity contribution in [2.24, 2.45) is 0 Å². The van der Waals surface area contributed by atoms with E-state index in [1.165, 1.54) is 0 Å². The summed E-state index contributed by atoms with van der Waals surface area (Å²) in [7, 11) is 0. The van der Waals surface area contributed by atoms with E-state index in [1.807, 2.05) is 27.7 Å². The molecule has 0 aliphatic carbocycles. The molecular weight excluding hydrogens is 336 g/mol. The SMILES string of the molecule is CCOc1cc(OCC)c(O)c(-c2cc(OCC)cc(OCC)c2O)c1. The van der Waals surface area contributed by atoms with Gasteiger partial charge in [-0.25, -0.2) is 0 Å². The molecule has 0 spiro atoms. The van der Waals surface area contributed by atoms with E-state index in [2.05, 4.69) is 0 Å². The van der Waals surface area contributed by atoms with Gasteiger partial charge in [0.05, 0.1) is 26.4 Å². The second kappa shape index (κ2) is 9.08. The highest BCUT2D eigenvalue weighted by atomic mass is 16.5. The number of hydrogen-bond donors (Lipinski definition) is 2. The van der Waals surface area contributed by atoms with Gasteiger partial charge in [0.15, 0.2) is 23.0 Å². The fourth-order valence-corrected chi connectivity index (χ4v) is 2.61. The standard InChI is InChI=1S/C20H26O6/c1-5-23-13-9-15(19(21)17(11-13)25-7-3)16-10-14(24-6-2)12-18(20(16)22)26-8-4/h9-12,21-22H,5-8H2,1-4H3. The lowest BCUT2D eigenvalue weighted by atomic mass is 10.0. The molecule has 0 radical (unpaired) electrons. The van der Waals surface area contributed by atoms with Crippen molar-refractivity contribution in [3.63, 3.8) is 0 Å². The lowest BCUT2D eigenvalue weighted by molar-refractivity contribution is 0.306. The molecule has 6 nitrogen and oxygen atoms in total. The first-order valence-electron chi connectivity index (χ1n) is 8.81. The second-order valence-corrected chi connectivity index (χ2v) is 5.37. The maximum atomic E-state index is 10.7. The van der Waals surface area contributed by atoms with Crippen molar-refractivity contribution in [3.8, 4) is 45.6 Å². The predicted molar refractivity (Wildman–Crippen MR) is 99.9 cm³/mol. The summed E-state index contributed by atoms with van der Waals surface area (Å²) >= 11 is 0. The summed E-state index contributed by atoms with van der Waals surface area (Å²) in [5, 5.41) is 21.3. The number of benzene rings is 2. The van der Waals surface area contributed by atoms with Crippen molar-refractivity contribution in [3.05, 3.63) is 24.3 Å². The van der Waals surface area contributed by atoms with Crippen molar-refractivity contribution < 1.29 is 29.2 Å². The van der Waals surface area contributed by atoms with Gasteiger partial charge in [0, 0.05) is 23.3 Å². The van der Waals surface area contributed by atoms with Crippen LogP contribution >= 0.6 is 0 Å². The molecule has 0 unspecified atom stereocenters. The molecule has 0 bridgehead atoms. The Morgan fingerprint density at radius 1 is 0.577 bits per heavy atom. The predicted octanol–water partition coefficient (Wildman–Crippen LogP) is 4.36. The topological polar surface area (TPSA) is 77.4 Å². The fourth-order valence-electron chi connectivity index (χ4n) is 2.61. The minimum Gasteiger partial charge on any atom is -0.504 e. The normalized spacial score (nSPS) is 10.5. The number of phenols is 2. The lowest BCUT2D eigenvalue weighted by Crippen LogP contribution is -1.99. The van der Waals surface area contributed by atoms with Crippen molar-refractivity contribution in [1.29, 1.82) is 0 Å². The summed E-state index contributed by atoms with van der Waals surface area (Å²) in [6, 6.07) is 6.56. The third-order valence-corrected chi connectivity index (χ3v) is 3.61. The minimum absolute atomic E-state index is 0.0818. The molecule has 0 atom stereocenters. The highest BCUT2D eigenvalue weighted by Gasteiger charge is 2.20. The summed E-state index contributed by atoms with van der Waals surface area (Å²) in [6.45, 7) is 9.09. The minimum atomic E-state index is -0.0818. The second-order valence-electron chi connectivity index (χ2n) is 5.37. The van der Waals surface area contributed by atoms with Crippen molar-refractivity contribution in [2.75, 3.05) is 26.4 Å². The molecule has 2 rings (SSSR count). The zero-order valence-electron chi connectivity index (χ0n) is 15.7. The Balaban J connectivity index is 2.68. The first kappa shape index (κ1) is 19.6. The van der Waals surface area contributed by atoms with Gasteiger partial charge in [-0.15, -0.1) is 0 Å². The van der Waals surface area contributed by atoms with E-state index < -0.39 is 0 Å². The molecule has 0 aliphatic rings. The van der Waals surface area contributed by atoms with Crippen LogP contribution in [0.1, 0.15) is 27.7 Å². The first-order valence-corrected chi connectivity index (χ1v) is 8.81. The molecular formula is C20H26O6. The van der Waals surface area contributed by atoms with E-state index in [1.54, 1.807) is 24.3 Å². The number of rotatable bonds is 9. The maximum absolute atomic E-state index is 10.7. The van der Waals surface area contributed by atoms with Crippen LogP contribution in [0.5, 0.6) is 34.5 Å². The van der Waals surface area contributed by atoms with E-state index >= 15 is 0 Å². The first-order chi connectivity index (χ1) is 12.5. The average molecular weight is 362 g/mol. The van der Waals surface area contributed by atoms with Crippen LogP contribution in [0.4, 0.5) is 0 Å². The molecule has 0 saturated heterocycles. The monoisotopic (exact) mass is 362 g/mol. The molecule has 2 aromatic carbocycles. The van der Waals surface area contributed by atoms with Crippen molar-refractivity contribution >= 4 is 0 Å². The van der Waals surface area contributed by atoms with E-state index in [0.717, 1.165) is 0 Å². The largest absolute Gasteiger partial charge is 0.504 e. The Hall–Kier alpha value is -2.76. The fraction of sp³-hybridized carbons (Fsp3) is 0.400. The van der Waals surface area contributed by atoms with E-state index in [0.29, 0.717) is 49.1 Å². The molecule has 26 heavy (non-hydrogen) atoms. The molecule has 0 aliphatic heterocycles. The number of hydrogen-bond acceptors (Lipinski definition) is 6. The van der Waals surface area contributed by atoms with Gasteiger partial charge in [0.2, 0.25) is 0 Å². The summed E-state index contributed by atoms with van der Waals surface area (Å²) in [5.74, 6) is 1.47. The third kappa shape index (κ3) is 4.25. The summed E-state index contributed by atoms with van der Waals surface area (Å²) in [6.07, 6.45) is 0. The Morgan fingerprint density at radius 2 is 0.923 bits per heavy atom. The molecule has 0 heterocycles. The van der Waals surface area contributed by atoms with E-state index in [9.17, 15) is 10.2 Å². The van der Waals surface area contributed by atoms with Gasteiger partial charge in [-0.1, -0.05) is 0 Å². The van der Waals surface area contributed by atoms with E-state index in [-0.39, 0.29) is 23.0 Å². The van der Waals surface area contributed by atoms with Gasteiger partial charge < -0.3 is 29.2 Å². The van der Waals surface area contributed by atoms with Gasteiger partial charge in [-0.3, -0.25) is 0 Å². The van der Waals surface area contributed by atoms with Gasteiger partial charge in [0.25, 0.3) is 0 Å². The highest BCUT2D eigenvalue weighted by molar-refractivity contribution is 5.82. The van der Waals surface area contributed by atoms with Crippen LogP contribution in [0.15, 0.2) is 24.3 Å². The summed E-state index contributed by atoms with van der Waals surface area (Å²) in [4.78, 5) is 0. The molecule has 2 aromatic rings. The molecule has 142 valence electrons. The Bertz CT molecular complexity index is 678. The van der Waals surface area contributed by atoms with Crippen LogP contribution in [-0.2, 0) is 0 Å². The van der Waals surface area contributed by atoms with Gasteiger partial charge in [0.1, 0.15) is 11.5 Å². The van der Waals surface area contributed by atoms with Crippen LogP contribution < -0.4 is 18.9 Å². The molecule has 0 aromatic heterocycles. The lowest BCUT2D eigenvalue weighted by Gasteiger charge is -2.17. The van der Waals surface area contributed by atoms with Gasteiger partial charge in [-0.2, -0.15) is 0 Å². The van der Waals surface area contributed by atoms with Crippen molar-refractivity contribution in [2.45, 2.75) is 27.7 Å². The maximum Gasteiger partial charge on any atom is 0.166 e. The molecule has 0 saturated carbocycles. The summed E-state index contributed by atoms with van der Waals surface area (Å²) in [5.41, 5.74) is 0.749. The van der Waals surface area contributed by atoms with E-state index in [4.69, 9.17) is 18.9 Å². The molecule has 0 amide bonds. The van der Waals surface area contributed by atoms with Gasteiger partial charge >= 0.3 is 0 Å². The highest BCUT2D eigenvalue weighted by Crippen LogP contribution is 2.48. The van der Waals surface area contributed by atoms with Crippen molar-refractivity contribution in [1.82, 2.24) is 0 Å². The van der Waals surface area contributed by atoms with Crippen LogP contribution in [0.2, 0.25) is 0 Å². The quantitative estimate of drug-likeness (QED) is 0.690. The van der Waals surface area contributed by atoms with Crippen LogP contribution in [0, 0.1) is 0 Å². The van der Waals surface area contributed by atoms with Crippen LogP contribution in [0.3, 0.4) is 0 Å². The zero-order valence-corrected chi connectivity index (χ0v) is 15.7. The number of phenolic OH excluding ortho intramolecular Hbond substituents is 2. The third-order valence-electron chi connectivity index (χ3n) is 3.61. The number of ether oxygens (including phenoxy) is 4. The summed E-state index contributed by atoms with van der Waals surface area (Å²) < 4.78 is 22.2. The Kier molecular flexibility index (Phi) is 6.83. The Labute approximate surface area is 153 Å². The van der Waals surface area contributed by atoms with Crippen LogP contribution in [0.25, 0.3) is 11.1 Å². The van der Waals surface area contributed by atoms with Gasteiger partial charge in [-0.05, 0) is 39.8 Å². The zero-order chi connectivity index (χ0) is 19.1. The molecule has 6 heteroatoms. The van der Waals surface area contributed by atoms with Crippen LogP contribution in [-0.4, -0.2) is 36.6 Å². The average Bonchev–Trinajstić information content (AvgIpc) is 2.61. The smallest absolute Gasteiger partial charge is 0.166 e. The number of aromatic hydroxyl groups is 2.